The molecule has 0 aromatic carbocycles. The summed E-state index contributed by atoms with van der Waals surface area (Å²) in [7, 11) is 1.56. The van der Waals surface area contributed by atoms with Crippen LogP contribution in [0.4, 0.5) is 0 Å². The summed E-state index contributed by atoms with van der Waals surface area (Å²) < 4.78 is 15.6. The number of methoxy groups -OCH3 is 1. The highest BCUT2D eigenvalue weighted by Crippen LogP contribution is 2.32. The molecule has 3 unspecified atom stereocenters. The molecule has 1 saturated heterocycles. The average Bonchev–Trinajstić information content (AvgIpc) is 2.47. The van der Waals surface area contributed by atoms with Gasteiger partial charge in [0, 0.05) is 7.11 Å². The van der Waals surface area contributed by atoms with Crippen LogP contribution in [-0.2, 0) is 19.0 Å². The van der Waals surface area contributed by atoms with Crippen LogP contribution in [0, 0.1) is 0 Å². The molecule has 1 heterocycles. The van der Waals surface area contributed by atoms with E-state index in [-0.39, 0.29) is 12.2 Å². The molecule has 1 fully saturated rings. The molecule has 0 radical (unpaired) electrons. The molecule has 0 bridgehead atoms. The summed E-state index contributed by atoms with van der Waals surface area (Å²) in [5.41, 5.74) is 0. The zero-order chi connectivity index (χ0) is 11.7. The van der Waals surface area contributed by atoms with E-state index in [1.807, 2.05) is 13.8 Å². The van der Waals surface area contributed by atoms with Crippen molar-refractivity contribution in [2.45, 2.75) is 43.1 Å². The van der Waals surface area contributed by atoms with Gasteiger partial charge in [-0.05, 0) is 20.8 Å². The van der Waals surface area contributed by atoms with Crippen LogP contribution < -0.4 is 0 Å². The second-order valence-electron chi connectivity index (χ2n) is 4.29. The third-order valence-corrected chi connectivity index (χ3v) is 3.05. The van der Waals surface area contributed by atoms with E-state index in [2.05, 4.69) is 15.9 Å². The number of alkyl halides is 1. The molecule has 0 aromatic heterocycles. The largest absolute Gasteiger partial charge is 0.377 e. The summed E-state index contributed by atoms with van der Waals surface area (Å²) in [5.74, 6) is -0.604. The maximum Gasteiger partial charge on any atom is 0.163 e. The summed E-state index contributed by atoms with van der Waals surface area (Å²) in [4.78, 5) is 10.9. The van der Waals surface area contributed by atoms with E-state index in [4.69, 9.17) is 14.2 Å². The molecule has 88 valence electrons. The van der Waals surface area contributed by atoms with Gasteiger partial charge in [-0.15, -0.1) is 0 Å². The molecule has 0 N–H and O–H groups in total. The van der Waals surface area contributed by atoms with Crippen molar-refractivity contribution < 1.29 is 19.0 Å². The summed E-state index contributed by atoms with van der Waals surface area (Å²) in [5, 5.41) is 0. The van der Waals surface area contributed by atoms with E-state index < -0.39 is 10.1 Å². The number of halogens is 1. The quantitative estimate of drug-likeness (QED) is 0.578. The van der Waals surface area contributed by atoms with Crippen LogP contribution in [0.5, 0.6) is 0 Å². The van der Waals surface area contributed by atoms with Crippen molar-refractivity contribution in [1.82, 2.24) is 0 Å². The highest BCUT2D eigenvalue weighted by Gasteiger charge is 2.45. The lowest BCUT2D eigenvalue weighted by Crippen LogP contribution is -2.46. The Balaban J connectivity index is 2.73. The Morgan fingerprint density at radius 1 is 1.67 bits per heavy atom. The number of carbonyl (C=O) groups excluding carboxylic acids is 1. The van der Waals surface area contributed by atoms with Crippen molar-refractivity contribution in [3.8, 4) is 0 Å². The van der Waals surface area contributed by atoms with E-state index in [0.717, 1.165) is 6.29 Å². The first-order chi connectivity index (χ1) is 6.82. The van der Waals surface area contributed by atoms with Crippen LogP contribution in [0.25, 0.3) is 0 Å². The molecule has 1 rings (SSSR count). The zero-order valence-corrected chi connectivity index (χ0v) is 11.0. The van der Waals surface area contributed by atoms with Gasteiger partial charge in [0.1, 0.15) is 22.8 Å². The van der Waals surface area contributed by atoms with Crippen LogP contribution in [0.1, 0.15) is 20.8 Å². The van der Waals surface area contributed by atoms with Gasteiger partial charge in [0.05, 0.1) is 6.61 Å². The van der Waals surface area contributed by atoms with Gasteiger partial charge in [0.25, 0.3) is 0 Å². The maximum atomic E-state index is 10.9. The Morgan fingerprint density at radius 3 is 2.60 bits per heavy atom. The van der Waals surface area contributed by atoms with Gasteiger partial charge in [-0.2, -0.15) is 0 Å². The van der Waals surface area contributed by atoms with Crippen molar-refractivity contribution in [3.05, 3.63) is 0 Å². The minimum absolute atomic E-state index is 0.237. The molecule has 0 aromatic rings. The third-order valence-electron chi connectivity index (χ3n) is 2.41. The number of rotatable bonds is 4. The first kappa shape index (κ1) is 13.1. The first-order valence-corrected chi connectivity index (χ1v) is 5.61. The number of hydrogen-bond donors (Lipinski definition) is 0. The van der Waals surface area contributed by atoms with Crippen LogP contribution >= 0.6 is 15.9 Å². The monoisotopic (exact) mass is 280 g/mol. The molecule has 0 saturated carbocycles. The predicted molar refractivity (Wildman–Crippen MR) is 59.1 cm³/mol. The Kier molecular flexibility index (Phi) is 3.92. The number of ether oxygens (including phenoxy) is 3. The fourth-order valence-corrected chi connectivity index (χ4v) is 2.16. The number of hydrogen-bond acceptors (Lipinski definition) is 4. The molecule has 0 aliphatic carbocycles. The fraction of sp³-hybridized carbons (Fsp3) is 0.900. The Bertz CT molecular complexity index is 240. The molecular formula is C10H17BrO4. The van der Waals surface area contributed by atoms with Crippen LogP contribution in [0.2, 0.25) is 0 Å². The number of aldehydes is 1. The molecule has 0 amide bonds. The standard InChI is InChI=1S/C10H17BrO4/c1-9(2)14-5-7(15-9)8(13-4)10(3,11)6-12/h6-8H,5H2,1-4H3. The minimum Gasteiger partial charge on any atom is -0.377 e. The molecule has 3 atom stereocenters. The lowest BCUT2D eigenvalue weighted by Gasteiger charge is -2.30. The van der Waals surface area contributed by atoms with Gasteiger partial charge in [0.15, 0.2) is 5.79 Å². The van der Waals surface area contributed by atoms with Crippen LogP contribution in [0.3, 0.4) is 0 Å². The normalized spacial score (nSPS) is 30.9. The summed E-state index contributed by atoms with van der Waals surface area (Å²) in [6.45, 7) is 5.86. The average molecular weight is 281 g/mol. The third kappa shape index (κ3) is 3.00. The van der Waals surface area contributed by atoms with Crippen molar-refractivity contribution in [1.29, 1.82) is 0 Å². The fourth-order valence-electron chi connectivity index (χ4n) is 1.68. The molecule has 1 aliphatic heterocycles. The molecule has 0 spiro atoms. The Morgan fingerprint density at radius 2 is 2.27 bits per heavy atom. The van der Waals surface area contributed by atoms with E-state index in [0.29, 0.717) is 6.61 Å². The molecule has 15 heavy (non-hydrogen) atoms. The van der Waals surface area contributed by atoms with Gasteiger partial charge in [-0.3, -0.25) is 0 Å². The van der Waals surface area contributed by atoms with Crippen LogP contribution in [0.15, 0.2) is 0 Å². The van der Waals surface area contributed by atoms with E-state index >= 15 is 0 Å². The Hall–Kier alpha value is 0.0300. The van der Waals surface area contributed by atoms with Crippen molar-refractivity contribution in [3.63, 3.8) is 0 Å². The van der Waals surface area contributed by atoms with E-state index in [1.165, 1.54) is 0 Å². The highest BCUT2D eigenvalue weighted by atomic mass is 79.9. The summed E-state index contributed by atoms with van der Waals surface area (Å²) in [6, 6.07) is 0. The lowest BCUT2D eigenvalue weighted by molar-refractivity contribution is -0.157. The van der Waals surface area contributed by atoms with E-state index in [9.17, 15) is 4.79 Å². The minimum atomic E-state index is -0.754. The van der Waals surface area contributed by atoms with Gasteiger partial charge in [-0.1, -0.05) is 15.9 Å². The smallest absolute Gasteiger partial charge is 0.163 e. The van der Waals surface area contributed by atoms with Gasteiger partial charge >= 0.3 is 0 Å². The molecule has 1 aliphatic rings. The van der Waals surface area contributed by atoms with Gasteiger partial charge < -0.3 is 19.0 Å². The predicted octanol–water partition coefficient (Wildman–Crippen LogP) is 1.51. The lowest BCUT2D eigenvalue weighted by atomic mass is 10.0. The molecule has 5 heteroatoms. The van der Waals surface area contributed by atoms with Gasteiger partial charge in [-0.25, -0.2) is 0 Å². The number of carbonyl (C=O) groups is 1. The Labute approximate surface area is 98.4 Å². The van der Waals surface area contributed by atoms with Crippen LogP contribution in [-0.4, -0.2) is 42.3 Å². The summed E-state index contributed by atoms with van der Waals surface area (Å²) in [6.07, 6.45) is 0.215. The van der Waals surface area contributed by atoms with Crippen molar-refractivity contribution >= 4 is 22.2 Å². The highest BCUT2D eigenvalue weighted by molar-refractivity contribution is 9.10. The SMILES string of the molecule is COC(C1COC(C)(C)O1)C(C)(Br)C=O. The maximum absolute atomic E-state index is 10.9. The first-order valence-electron chi connectivity index (χ1n) is 4.82. The topological polar surface area (TPSA) is 44.8 Å². The summed E-state index contributed by atoms with van der Waals surface area (Å²) >= 11 is 3.33. The van der Waals surface area contributed by atoms with Crippen molar-refractivity contribution in [2.24, 2.45) is 0 Å². The van der Waals surface area contributed by atoms with Crippen molar-refractivity contribution in [2.75, 3.05) is 13.7 Å². The second-order valence-corrected chi connectivity index (χ2v) is 6.00. The zero-order valence-electron chi connectivity index (χ0n) is 9.45. The second kappa shape index (κ2) is 4.49. The molecular weight excluding hydrogens is 264 g/mol. The molecule has 4 nitrogen and oxygen atoms in total. The van der Waals surface area contributed by atoms with E-state index in [1.54, 1.807) is 14.0 Å². The van der Waals surface area contributed by atoms with Gasteiger partial charge in [0.2, 0.25) is 0 Å².